The van der Waals surface area contributed by atoms with Crippen LogP contribution in [0.15, 0.2) is 121 Å². The van der Waals surface area contributed by atoms with Crippen molar-refractivity contribution in [3.05, 3.63) is 144 Å². The zero-order valence-corrected chi connectivity index (χ0v) is 26.5. The SMILES string of the molecule is c1ccc(COC[C@H]2O[C@@H](OC3CCCCC3)[C@@H](OCc3ccccc3)[C@@H](OCc3ccccc3)[C@@H]2OCc2ccccc2)cc1. The van der Waals surface area contributed by atoms with Gasteiger partial charge in [-0.2, -0.15) is 0 Å². The van der Waals surface area contributed by atoms with Gasteiger partial charge in [0.05, 0.1) is 39.1 Å². The summed E-state index contributed by atoms with van der Waals surface area (Å²) in [7, 11) is 0. The van der Waals surface area contributed by atoms with Gasteiger partial charge in [-0.15, -0.1) is 0 Å². The highest BCUT2D eigenvalue weighted by Crippen LogP contribution is 2.34. The molecule has 0 unspecified atom stereocenters. The van der Waals surface area contributed by atoms with Gasteiger partial charge < -0.3 is 28.4 Å². The van der Waals surface area contributed by atoms with Gasteiger partial charge in [-0.1, -0.05) is 141 Å². The molecule has 1 heterocycles. The second-order valence-electron chi connectivity index (χ2n) is 12.2. The molecule has 0 bridgehead atoms. The van der Waals surface area contributed by atoms with E-state index in [1.54, 1.807) is 0 Å². The first-order valence-electron chi connectivity index (χ1n) is 16.7. The Kier molecular flexibility index (Phi) is 12.4. The number of hydrogen-bond acceptors (Lipinski definition) is 6. The van der Waals surface area contributed by atoms with Gasteiger partial charge in [-0.3, -0.25) is 0 Å². The molecule has 6 nitrogen and oxygen atoms in total. The molecule has 0 spiro atoms. The van der Waals surface area contributed by atoms with Crippen LogP contribution in [0.5, 0.6) is 0 Å². The van der Waals surface area contributed by atoms with Gasteiger partial charge in [0.25, 0.3) is 0 Å². The van der Waals surface area contributed by atoms with Gasteiger partial charge >= 0.3 is 0 Å². The topological polar surface area (TPSA) is 55.4 Å². The summed E-state index contributed by atoms with van der Waals surface area (Å²) in [6.07, 6.45) is 3.20. The fraction of sp³-hybridized carbons (Fsp3) is 0.400. The molecule has 6 heteroatoms. The van der Waals surface area contributed by atoms with Crippen molar-refractivity contribution in [2.45, 2.75) is 95.3 Å². The van der Waals surface area contributed by atoms with Crippen molar-refractivity contribution in [1.82, 2.24) is 0 Å². The van der Waals surface area contributed by atoms with E-state index in [1.165, 1.54) is 6.42 Å². The molecule has 0 aromatic heterocycles. The van der Waals surface area contributed by atoms with Crippen LogP contribution in [0, 0.1) is 0 Å². The Morgan fingerprint density at radius 2 is 0.913 bits per heavy atom. The first-order valence-corrected chi connectivity index (χ1v) is 16.7. The van der Waals surface area contributed by atoms with Crippen LogP contribution in [0.4, 0.5) is 0 Å². The van der Waals surface area contributed by atoms with E-state index in [2.05, 4.69) is 48.5 Å². The van der Waals surface area contributed by atoms with Crippen LogP contribution in [0.25, 0.3) is 0 Å². The highest BCUT2D eigenvalue weighted by atomic mass is 16.7. The molecular formula is C40H46O6. The van der Waals surface area contributed by atoms with Gasteiger partial charge in [0, 0.05) is 0 Å². The Morgan fingerprint density at radius 1 is 0.478 bits per heavy atom. The Bertz CT molecular complexity index is 1380. The molecule has 242 valence electrons. The maximum Gasteiger partial charge on any atom is 0.187 e. The van der Waals surface area contributed by atoms with Crippen molar-refractivity contribution in [3.63, 3.8) is 0 Å². The molecule has 2 aliphatic rings. The quantitative estimate of drug-likeness (QED) is 0.134. The number of benzene rings is 4. The van der Waals surface area contributed by atoms with Gasteiger partial charge in [0.2, 0.25) is 0 Å². The molecule has 2 fully saturated rings. The summed E-state index contributed by atoms with van der Waals surface area (Å²) in [6, 6.07) is 40.9. The van der Waals surface area contributed by atoms with Gasteiger partial charge in [0.15, 0.2) is 6.29 Å². The monoisotopic (exact) mass is 622 g/mol. The summed E-state index contributed by atoms with van der Waals surface area (Å²) in [4.78, 5) is 0. The highest BCUT2D eigenvalue weighted by Gasteiger charge is 2.49. The average Bonchev–Trinajstić information content (AvgIpc) is 3.12. The van der Waals surface area contributed by atoms with Crippen molar-refractivity contribution in [2.75, 3.05) is 6.61 Å². The van der Waals surface area contributed by atoms with Gasteiger partial charge in [-0.05, 0) is 35.1 Å². The summed E-state index contributed by atoms with van der Waals surface area (Å²) in [5, 5.41) is 0. The molecule has 1 saturated heterocycles. The maximum absolute atomic E-state index is 6.83. The van der Waals surface area contributed by atoms with Crippen LogP contribution in [0.2, 0.25) is 0 Å². The van der Waals surface area contributed by atoms with Gasteiger partial charge in [-0.25, -0.2) is 0 Å². The average molecular weight is 623 g/mol. The molecule has 0 N–H and O–H groups in total. The molecule has 1 aliphatic heterocycles. The van der Waals surface area contributed by atoms with Crippen LogP contribution in [-0.2, 0) is 54.8 Å². The Hall–Kier alpha value is -3.36. The minimum Gasteiger partial charge on any atom is -0.374 e. The van der Waals surface area contributed by atoms with Crippen LogP contribution >= 0.6 is 0 Å². The van der Waals surface area contributed by atoms with E-state index >= 15 is 0 Å². The standard InChI is InChI=1S/C40H46O6/c1-6-16-31(17-7-1)26-41-30-36-37(42-27-32-18-8-2-9-19-32)38(43-28-33-20-10-3-11-21-33)39(44-29-34-22-12-4-13-23-34)40(46-36)45-35-24-14-5-15-25-35/h1-4,6-13,16-23,35-40H,5,14-15,24-30H2/t36-,37-,38+,39+,40-/m1/s1. The summed E-state index contributed by atoms with van der Waals surface area (Å²) < 4.78 is 40.2. The fourth-order valence-corrected chi connectivity index (χ4v) is 6.25. The molecule has 4 aromatic rings. The van der Waals surface area contributed by atoms with Crippen molar-refractivity contribution >= 4 is 0 Å². The summed E-state index contributed by atoms with van der Waals surface area (Å²) in [5.74, 6) is 0. The molecule has 5 atom stereocenters. The van der Waals surface area contributed by atoms with Crippen molar-refractivity contribution < 1.29 is 28.4 Å². The summed E-state index contributed by atoms with van der Waals surface area (Å²) in [5.41, 5.74) is 4.35. The summed E-state index contributed by atoms with van der Waals surface area (Å²) >= 11 is 0. The second kappa shape index (κ2) is 17.5. The van der Waals surface area contributed by atoms with E-state index in [1.807, 2.05) is 72.8 Å². The molecule has 46 heavy (non-hydrogen) atoms. The van der Waals surface area contributed by atoms with Crippen LogP contribution in [-0.4, -0.2) is 43.4 Å². The third-order valence-corrected chi connectivity index (χ3v) is 8.72. The Morgan fingerprint density at radius 3 is 1.41 bits per heavy atom. The predicted molar refractivity (Wildman–Crippen MR) is 178 cm³/mol. The van der Waals surface area contributed by atoms with E-state index in [0.717, 1.165) is 47.9 Å². The first kappa shape index (κ1) is 32.6. The lowest BCUT2D eigenvalue weighted by atomic mass is 9.96. The summed E-state index contributed by atoms with van der Waals surface area (Å²) in [6.45, 7) is 2.04. The number of hydrogen-bond donors (Lipinski definition) is 0. The minimum absolute atomic E-state index is 0.115. The Balaban J connectivity index is 1.29. The van der Waals surface area contributed by atoms with Crippen LogP contribution in [0.1, 0.15) is 54.4 Å². The number of ether oxygens (including phenoxy) is 6. The fourth-order valence-electron chi connectivity index (χ4n) is 6.25. The Labute approximate surface area is 273 Å². The minimum atomic E-state index is -0.630. The highest BCUT2D eigenvalue weighted by molar-refractivity contribution is 5.16. The first-order chi connectivity index (χ1) is 22.8. The number of rotatable bonds is 15. The molecule has 0 amide bonds. The molecular weight excluding hydrogens is 576 g/mol. The zero-order chi connectivity index (χ0) is 31.2. The van der Waals surface area contributed by atoms with E-state index in [9.17, 15) is 0 Å². The van der Waals surface area contributed by atoms with Gasteiger partial charge in [0.1, 0.15) is 24.4 Å². The maximum atomic E-state index is 6.83. The third-order valence-electron chi connectivity index (χ3n) is 8.72. The molecule has 4 aromatic carbocycles. The van der Waals surface area contributed by atoms with Crippen molar-refractivity contribution in [3.8, 4) is 0 Å². The lowest BCUT2D eigenvalue weighted by molar-refractivity contribution is -0.337. The normalized spacial score (nSPS) is 23.7. The predicted octanol–water partition coefficient (Wildman–Crippen LogP) is 8.03. The largest absolute Gasteiger partial charge is 0.374 e. The molecule has 1 saturated carbocycles. The van der Waals surface area contributed by atoms with E-state index in [-0.39, 0.29) is 6.10 Å². The van der Waals surface area contributed by atoms with Crippen molar-refractivity contribution in [1.29, 1.82) is 0 Å². The lowest BCUT2D eigenvalue weighted by Gasteiger charge is -2.47. The van der Waals surface area contributed by atoms with Crippen LogP contribution in [0.3, 0.4) is 0 Å². The molecule has 6 rings (SSSR count). The lowest BCUT2D eigenvalue weighted by Crippen LogP contribution is -2.62. The van der Waals surface area contributed by atoms with E-state index in [4.69, 9.17) is 28.4 Å². The third kappa shape index (κ3) is 9.58. The second-order valence-corrected chi connectivity index (χ2v) is 12.2. The van der Waals surface area contributed by atoms with Crippen molar-refractivity contribution in [2.24, 2.45) is 0 Å². The molecule has 0 radical (unpaired) electrons. The smallest absolute Gasteiger partial charge is 0.187 e. The van der Waals surface area contributed by atoms with Crippen LogP contribution < -0.4 is 0 Å². The van der Waals surface area contributed by atoms with E-state index in [0.29, 0.717) is 33.0 Å². The van der Waals surface area contributed by atoms with E-state index < -0.39 is 30.7 Å². The molecule has 1 aliphatic carbocycles. The zero-order valence-electron chi connectivity index (χ0n) is 26.5.